The Morgan fingerprint density at radius 2 is 1.78 bits per heavy atom. The number of carbonyl (C=O) groups excluding carboxylic acids is 2. The first-order chi connectivity index (χ1) is 15.6. The van der Waals surface area contributed by atoms with Crippen molar-refractivity contribution in [3.63, 3.8) is 0 Å². The van der Waals surface area contributed by atoms with Crippen LogP contribution in [0.2, 0.25) is 0 Å². The zero-order valence-corrected chi connectivity index (χ0v) is 17.9. The maximum atomic E-state index is 13.1. The van der Waals surface area contributed by atoms with Crippen molar-refractivity contribution in [2.75, 3.05) is 0 Å². The van der Waals surface area contributed by atoms with Gasteiger partial charge in [-0.05, 0) is 54.5 Å². The SMILES string of the molecule is O=C(NO)c1ccc(CNC(=O)[C@@H]2Cc3c([nH]c4ccccc34)[C@@H](C3CCCC3)N2)cc1. The number of nitrogens with one attached hydrogen (secondary N) is 4. The van der Waals surface area contributed by atoms with E-state index >= 15 is 0 Å². The minimum atomic E-state index is -0.556. The van der Waals surface area contributed by atoms with E-state index in [1.807, 2.05) is 6.07 Å². The molecule has 2 aliphatic rings. The van der Waals surface area contributed by atoms with Gasteiger partial charge in [0.2, 0.25) is 5.91 Å². The summed E-state index contributed by atoms with van der Waals surface area (Å²) in [7, 11) is 0. The van der Waals surface area contributed by atoms with Crippen molar-refractivity contribution in [3.8, 4) is 0 Å². The average molecular weight is 433 g/mol. The molecule has 1 aromatic heterocycles. The predicted molar refractivity (Wildman–Crippen MR) is 121 cm³/mol. The second kappa shape index (κ2) is 8.76. The van der Waals surface area contributed by atoms with Crippen LogP contribution in [-0.4, -0.2) is 28.0 Å². The van der Waals surface area contributed by atoms with E-state index in [1.165, 1.54) is 42.3 Å². The van der Waals surface area contributed by atoms with Crippen LogP contribution in [0.5, 0.6) is 0 Å². The Morgan fingerprint density at radius 1 is 1.03 bits per heavy atom. The molecule has 0 unspecified atom stereocenters. The van der Waals surface area contributed by atoms with Crippen molar-refractivity contribution in [2.24, 2.45) is 5.92 Å². The van der Waals surface area contributed by atoms with Crippen LogP contribution in [0.4, 0.5) is 0 Å². The Labute approximate surface area is 186 Å². The van der Waals surface area contributed by atoms with E-state index < -0.39 is 5.91 Å². The number of aromatic amines is 1. The van der Waals surface area contributed by atoms with Crippen LogP contribution in [0.15, 0.2) is 48.5 Å². The fourth-order valence-electron chi connectivity index (χ4n) is 5.25. The van der Waals surface area contributed by atoms with Gasteiger partial charge in [-0.1, -0.05) is 43.2 Å². The van der Waals surface area contributed by atoms with Gasteiger partial charge < -0.3 is 10.3 Å². The van der Waals surface area contributed by atoms with E-state index in [2.05, 4.69) is 33.8 Å². The van der Waals surface area contributed by atoms with Crippen molar-refractivity contribution in [1.29, 1.82) is 0 Å². The number of hydrogen-bond acceptors (Lipinski definition) is 4. The summed E-state index contributed by atoms with van der Waals surface area (Å²) in [6, 6.07) is 15.0. The molecule has 2 heterocycles. The summed E-state index contributed by atoms with van der Waals surface area (Å²) in [5, 5.41) is 16.7. The molecule has 7 nitrogen and oxygen atoms in total. The standard InChI is InChI=1S/C25H28N4O3/c30-24(29-32)17-11-9-15(10-12-17)14-26-25(31)21-13-19-18-7-3-4-8-20(18)27-23(19)22(28-21)16-5-1-2-6-16/h3-4,7-12,16,21-22,27-28,32H,1-2,5-6,13-14H2,(H,26,31)(H,29,30)/t21-,22+/m0/s1. The highest BCUT2D eigenvalue weighted by Crippen LogP contribution is 2.41. The zero-order valence-electron chi connectivity index (χ0n) is 17.9. The van der Waals surface area contributed by atoms with Crippen LogP contribution in [0.3, 0.4) is 0 Å². The average Bonchev–Trinajstić information content (AvgIpc) is 3.50. The van der Waals surface area contributed by atoms with Crippen LogP contribution in [-0.2, 0) is 17.8 Å². The molecule has 0 saturated heterocycles. The van der Waals surface area contributed by atoms with Crippen molar-refractivity contribution >= 4 is 22.7 Å². The number of carbonyl (C=O) groups is 2. The topological polar surface area (TPSA) is 106 Å². The van der Waals surface area contributed by atoms with Gasteiger partial charge in [0.25, 0.3) is 5.91 Å². The van der Waals surface area contributed by atoms with E-state index in [0.29, 0.717) is 24.4 Å². The summed E-state index contributed by atoms with van der Waals surface area (Å²) in [4.78, 5) is 28.2. The smallest absolute Gasteiger partial charge is 0.274 e. The molecule has 166 valence electrons. The predicted octanol–water partition coefficient (Wildman–Crippen LogP) is 3.35. The molecule has 1 aliphatic carbocycles. The Balaban J connectivity index is 1.33. The molecule has 2 aromatic carbocycles. The first-order valence-corrected chi connectivity index (χ1v) is 11.3. The maximum Gasteiger partial charge on any atom is 0.274 e. The van der Waals surface area contributed by atoms with Gasteiger partial charge in [0.05, 0.1) is 12.1 Å². The number of para-hydroxylation sites is 1. The van der Waals surface area contributed by atoms with Crippen LogP contribution in [0.25, 0.3) is 10.9 Å². The van der Waals surface area contributed by atoms with Gasteiger partial charge in [0.15, 0.2) is 0 Å². The van der Waals surface area contributed by atoms with E-state index in [-0.39, 0.29) is 18.0 Å². The van der Waals surface area contributed by atoms with Crippen molar-refractivity contribution < 1.29 is 14.8 Å². The summed E-state index contributed by atoms with van der Waals surface area (Å²) in [5.74, 6) is -0.0248. The summed E-state index contributed by atoms with van der Waals surface area (Å²) in [6.07, 6.45) is 5.53. The summed E-state index contributed by atoms with van der Waals surface area (Å²) in [6.45, 7) is 0.382. The lowest BCUT2D eigenvalue weighted by Gasteiger charge is -2.34. The Kier molecular flexibility index (Phi) is 5.68. The molecular weight excluding hydrogens is 404 g/mol. The third kappa shape index (κ3) is 3.89. The third-order valence-corrected chi connectivity index (χ3v) is 6.92. The van der Waals surface area contributed by atoms with Gasteiger partial charge >= 0.3 is 0 Å². The fourth-order valence-corrected chi connectivity index (χ4v) is 5.25. The molecule has 0 radical (unpaired) electrons. The minimum absolute atomic E-state index is 0.0129. The number of hydroxylamine groups is 1. The Hall–Kier alpha value is -3.16. The molecule has 3 aromatic rings. The van der Waals surface area contributed by atoms with E-state index in [9.17, 15) is 9.59 Å². The molecule has 1 saturated carbocycles. The number of benzene rings is 2. The lowest BCUT2D eigenvalue weighted by molar-refractivity contribution is -0.123. The molecule has 5 rings (SSSR count). The van der Waals surface area contributed by atoms with Crippen LogP contribution in [0, 0.1) is 5.92 Å². The largest absolute Gasteiger partial charge is 0.357 e. The van der Waals surface area contributed by atoms with E-state index in [1.54, 1.807) is 29.7 Å². The number of hydrogen-bond donors (Lipinski definition) is 5. The monoisotopic (exact) mass is 432 g/mol. The highest BCUT2D eigenvalue weighted by molar-refractivity contribution is 5.93. The molecule has 0 bridgehead atoms. The normalized spacial score (nSPS) is 20.8. The number of H-pyrrole nitrogens is 1. The molecular formula is C25H28N4O3. The van der Waals surface area contributed by atoms with Crippen LogP contribution >= 0.6 is 0 Å². The first kappa shape index (κ1) is 20.7. The lowest BCUT2D eigenvalue weighted by atomic mass is 9.86. The minimum Gasteiger partial charge on any atom is -0.357 e. The van der Waals surface area contributed by atoms with Crippen LogP contribution < -0.4 is 16.1 Å². The van der Waals surface area contributed by atoms with Gasteiger partial charge in [-0.15, -0.1) is 0 Å². The molecule has 2 atom stereocenters. The molecule has 32 heavy (non-hydrogen) atoms. The second-order valence-corrected chi connectivity index (χ2v) is 8.86. The highest BCUT2D eigenvalue weighted by Gasteiger charge is 2.37. The molecule has 2 amide bonds. The van der Waals surface area contributed by atoms with Gasteiger partial charge in [-0.3, -0.25) is 20.1 Å². The van der Waals surface area contributed by atoms with Crippen molar-refractivity contribution in [2.45, 2.75) is 50.7 Å². The molecule has 0 spiro atoms. The van der Waals surface area contributed by atoms with Crippen molar-refractivity contribution in [3.05, 3.63) is 70.9 Å². The van der Waals surface area contributed by atoms with E-state index in [0.717, 1.165) is 11.1 Å². The number of amides is 2. The zero-order chi connectivity index (χ0) is 22.1. The van der Waals surface area contributed by atoms with Crippen LogP contribution in [0.1, 0.15) is 58.9 Å². The fraction of sp³-hybridized carbons (Fsp3) is 0.360. The molecule has 7 heteroatoms. The first-order valence-electron chi connectivity index (χ1n) is 11.3. The molecule has 5 N–H and O–H groups in total. The Morgan fingerprint density at radius 3 is 2.53 bits per heavy atom. The quantitative estimate of drug-likeness (QED) is 0.315. The number of rotatable bonds is 5. The van der Waals surface area contributed by atoms with Gasteiger partial charge in [0.1, 0.15) is 0 Å². The molecule has 1 aliphatic heterocycles. The van der Waals surface area contributed by atoms with Gasteiger partial charge in [-0.25, -0.2) is 5.48 Å². The maximum absolute atomic E-state index is 13.1. The van der Waals surface area contributed by atoms with Gasteiger partial charge in [0, 0.05) is 28.7 Å². The molecule has 1 fully saturated rings. The second-order valence-electron chi connectivity index (χ2n) is 8.86. The third-order valence-electron chi connectivity index (χ3n) is 6.92. The summed E-state index contributed by atoms with van der Waals surface area (Å²) in [5.41, 5.74) is 6.52. The Bertz CT molecular complexity index is 1130. The number of fused-ring (bicyclic) bond motifs is 3. The van der Waals surface area contributed by atoms with E-state index in [4.69, 9.17) is 5.21 Å². The lowest BCUT2D eigenvalue weighted by Crippen LogP contribution is -2.50. The highest BCUT2D eigenvalue weighted by atomic mass is 16.5. The summed E-state index contributed by atoms with van der Waals surface area (Å²) >= 11 is 0. The summed E-state index contributed by atoms with van der Waals surface area (Å²) < 4.78 is 0. The van der Waals surface area contributed by atoms with Gasteiger partial charge in [-0.2, -0.15) is 0 Å². The number of aromatic nitrogens is 1. The van der Waals surface area contributed by atoms with Crippen molar-refractivity contribution in [1.82, 2.24) is 21.1 Å².